The van der Waals surface area contributed by atoms with E-state index in [1.807, 2.05) is 0 Å². The lowest BCUT2D eigenvalue weighted by molar-refractivity contribution is -0.387. The SMILES string of the molecule is O=C(O)c1cc([N+](=O)[O-])c(F)cc1Cl.O=C(O)c1cc([N+](=O)[O-])c(O)cc1Cl. The van der Waals surface area contributed by atoms with Gasteiger partial charge in [-0.1, -0.05) is 23.2 Å². The number of halogens is 3. The number of phenols is 1. The highest BCUT2D eigenvalue weighted by molar-refractivity contribution is 6.34. The Morgan fingerprint density at radius 3 is 1.64 bits per heavy atom. The molecule has 28 heavy (non-hydrogen) atoms. The molecule has 0 atom stereocenters. The molecule has 11 nitrogen and oxygen atoms in total. The first-order valence-electron chi connectivity index (χ1n) is 6.63. The number of hydrogen-bond donors (Lipinski definition) is 3. The number of phenolic OH excluding ortho intramolecular Hbond substituents is 1. The van der Waals surface area contributed by atoms with E-state index in [0.29, 0.717) is 18.2 Å². The summed E-state index contributed by atoms with van der Waals surface area (Å²) >= 11 is 10.8. The van der Waals surface area contributed by atoms with Gasteiger partial charge in [-0.15, -0.1) is 0 Å². The van der Waals surface area contributed by atoms with Gasteiger partial charge in [0.05, 0.1) is 31.0 Å². The smallest absolute Gasteiger partial charge is 0.337 e. The Morgan fingerprint density at radius 1 is 0.857 bits per heavy atom. The Morgan fingerprint density at radius 2 is 1.25 bits per heavy atom. The predicted molar refractivity (Wildman–Crippen MR) is 91.8 cm³/mol. The predicted octanol–water partition coefficient (Wildman–Crippen LogP) is 3.74. The van der Waals surface area contributed by atoms with Crippen LogP contribution in [0.1, 0.15) is 20.7 Å². The Bertz CT molecular complexity index is 847. The van der Waals surface area contributed by atoms with Crippen LogP contribution in [0.5, 0.6) is 5.75 Å². The fourth-order valence-electron chi connectivity index (χ4n) is 1.70. The summed E-state index contributed by atoms with van der Waals surface area (Å²) in [6, 6.07) is 2.71. The number of aromatic hydroxyl groups is 1. The molecule has 0 fully saturated rings. The van der Waals surface area contributed by atoms with Gasteiger partial charge in [-0.25, -0.2) is 9.59 Å². The number of carboxylic acids is 2. The number of nitrogens with zero attached hydrogens (tertiary/aromatic N) is 2. The summed E-state index contributed by atoms with van der Waals surface area (Å²) in [4.78, 5) is 39.6. The molecule has 0 bridgehead atoms. The standard InChI is InChI=1S/C7H3ClFNO4.C7H4ClNO5/c8-4-2-5(9)6(10(13)14)1-3(4)7(11)12;8-4-2-6(10)5(9(13)14)1-3(4)7(11)12/h1-2H,(H,11,12);1-2,10H,(H,11,12). The number of rotatable bonds is 4. The lowest BCUT2D eigenvalue weighted by atomic mass is 10.2. The third-order valence-electron chi connectivity index (χ3n) is 2.95. The zero-order valence-electron chi connectivity index (χ0n) is 13.1. The number of carbonyl (C=O) groups is 2. The second kappa shape index (κ2) is 8.92. The molecule has 0 saturated carbocycles. The van der Waals surface area contributed by atoms with Gasteiger partial charge in [0.25, 0.3) is 0 Å². The summed E-state index contributed by atoms with van der Waals surface area (Å²) in [5, 5.41) is 46.1. The molecule has 2 aromatic carbocycles. The van der Waals surface area contributed by atoms with Crippen LogP contribution in [0.25, 0.3) is 0 Å². The highest BCUT2D eigenvalue weighted by Gasteiger charge is 2.21. The monoisotopic (exact) mass is 436 g/mol. The van der Waals surface area contributed by atoms with E-state index in [2.05, 4.69) is 0 Å². The molecule has 2 aromatic rings. The molecule has 0 aliphatic carbocycles. The molecule has 0 heterocycles. The first-order valence-corrected chi connectivity index (χ1v) is 7.39. The quantitative estimate of drug-likeness (QED) is 0.474. The van der Waals surface area contributed by atoms with E-state index in [1.165, 1.54) is 0 Å². The lowest BCUT2D eigenvalue weighted by Gasteiger charge is -2.00. The molecule has 0 aromatic heterocycles. The molecule has 2 rings (SSSR count). The van der Waals surface area contributed by atoms with Crippen molar-refractivity contribution >= 4 is 46.5 Å². The highest BCUT2D eigenvalue weighted by atomic mass is 35.5. The maximum atomic E-state index is 12.8. The summed E-state index contributed by atoms with van der Waals surface area (Å²) in [7, 11) is 0. The van der Waals surface area contributed by atoms with Crippen molar-refractivity contribution in [2.24, 2.45) is 0 Å². The lowest BCUT2D eigenvalue weighted by Crippen LogP contribution is -2.01. The first kappa shape index (κ1) is 22.5. The minimum atomic E-state index is -1.45. The van der Waals surface area contributed by atoms with Gasteiger partial charge in [-0.05, 0) is 0 Å². The number of hydrogen-bond acceptors (Lipinski definition) is 7. The van der Waals surface area contributed by atoms with Crippen molar-refractivity contribution in [2.45, 2.75) is 0 Å². The van der Waals surface area contributed by atoms with Crippen LogP contribution in [0.2, 0.25) is 10.0 Å². The number of carboxylic acid groups (broad SMARTS) is 2. The van der Waals surface area contributed by atoms with E-state index in [0.717, 1.165) is 6.07 Å². The second-order valence-electron chi connectivity index (χ2n) is 4.73. The maximum absolute atomic E-state index is 12.8. The van der Waals surface area contributed by atoms with Crippen molar-refractivity contribution in [3.8, 4) is 5.75 Å². The fraction of sp³-hybridized carbons (Fsp3) is 0. The van der Waals surface area contributed by atoms with E-state index in [-0.39, 0.29) is 10.0 Å². The van der Waals surface area contributed by atoms with Gasteiger partial charge in [-0.2, -0.15) is 4.39 Å². The van der Waals surface area contributed by atoms with Crippen LogP contribution in [0, 0.1) is 26.0 Å². The molecule has 0 aliphatic rings. The Kier molecular flexibility index (Phi) is 7.18. The van der Waals surface area contributed by atoms with Crippen LogP contribution in [-0.4, -0.2) is 37.1 Å². The maximum Gasteiger partial charge on any atom is 0.337 e. The Hall–Kier alpha value is -3.51. The van der Waals surface area contributed by atoms with Crippen LogP contribution in [0.15, 0.2) is 24.3 Å². The normalized spacial score (nSPS) is 9.82. The average molecular weight is 437 g/mol. The van der Waals surface area contributed by atoms with Crippen molar-refractivity contribution in [3.63, 3.8) is 0 Å². The van der Waals surface area contributed by atoms with Crippen LogP contribution in [-0.2, 0) is 0 Å². The van der Waals surface area contributed by atoms with Gasteiger partial charge in [0.1, 0.15) is 0 Å². The molecular formula is C14H7Cl2FN2O9. The molecular weight excluding hydrogens is 430 g/mol. The zero-order valence-corrected chi connectivity index (χ0v) is 14.6. The van der Waals surface area contributed by atoms with E-state index < -0.39 is 55.9 Å². The van der Waals surface area contributed by atoms with Gasteiger partial charge >= 0.3 is 23.3 Å². The first-order chi connectivity index (χ1) is 12.9. The fourth-order valence-corrected chi connectivity index (χ4v) is 2.17. The molecule has 0 saturated heterocycles. The van der Waals surface area contributed by atoms with Crippen molar-refractivity contribution in [3.05, 3.63) is 71.5 Å². The topological polar surface area (TPSA) is 181 Å². The summed E-state index contributed by atoms with van der Waals surface area (Å²) < 4.78 is 12.8. The average Bonchev–Trinajstić information content (AvgIpc) is 2.53. The number of nitro benzene ring substituents is 2. The molecule has 3 N–H and O–H groups in total. The number of aromatic carboxylic acids is 2. The molecule has 0 aliphatic heterocycles. The van der Waals surface area contributed by atoms with E-state index in [9.17, 15) is 34.2 Å². The van der Waals surface area contributed by atoms with Crippen LogP contribution in [0.3, 0.4) is 0 Å². The van der Waals surface area contributed by atoms with Crippen molar-refractivity contribution in [1.82, 2.24) is 0 Å². The van der Waals surface area contributed by atoms with Crippen molar-refractivity contribution < 1.29 is 39.1 Å². The van der Waals surface area contributed by atoms with Gasteiger partial charge in [0.2, 0.25) is 5.82 Å². The minimum Gasteiger partial charge on any atom is -0.502 e. The third kappa shape index (κ3) is 5.25. The van der Waals surface area contributed by atoms with E-state index >= 15 is 0 Å². The van der Waals surface area contributed by atoms with E-state index in [4.69, 9.17) is 38.5 Å². The molecule has 0 amide bonds. The summed E-state index contributed by atoms with van der Waals surface area (Å²) in [6.45, 7) is 0. The van der Waals surface area contributed by atoms with Crippen LogP contribution in [0.4, 0.5) is 15.8 Å². The molecule has 14 heteroatoms. The largest absolute Gasteiger partial charge is 0.502 e. The van der Waals surface area contributed by atoms with Crippen molar-refractivity contribution in [1.29, 1.82) is 0 Å². The summed E-state index contributed by atoms with van der Waals surface area (Å²) in [6.07, 6.45) is 0. The Labute approximate surface area is 163 Å². The van der Waals surface area contributed by atoms with E-state index in [1.54, 1.807) is 0 Å². The third-order valence-corrected chi connectivity index (χ3v) is 3.58. The summed E-state index contributed by atoms with van der Waals surface area (Å²) in [5.41, 5.74) is -2.52. The van der Waals surface area contributed by atoms with Gasteiger partial charge in [0.15, 0.2) is 5.75 Å². The zero-order chi connectivity index (χ0) is 21.8. The van der Waals surface area contributed by atoms with Crippen LogP contribution >= 0.6 is 23.2 Å². The molecule has 0 spiro atoms. The Balaban J connectivity index is 0.000000280. The van der Waals surface area contributed by atoms with Gasteiger partial charge in [-0.3, -0.25) is 20.2 Å². The highest BCUT2D eigenvalue weighted by Crippen LogP contribution is 2.31. The number of nitro groups is 2. The van der Waals surface area contributed by atoms with Crippen LogP contribution < -0.4 is 0 Å². The number of benzene rings is 2. The molecule has 0 radical (unpaired) electrons. The minimum absolute atomic E-state index is 0.249. The summed E-state index contributed by atoms with van der Waals surface area (Å²) in [5.74, 6) is -4.66. The van der Waals surface area contributed by atoms with Gasteiger partial charge in [0, 0.05) is 24.3 Å². The molecule has 148 valence electrons. The van der Waals surface area contributed by atoms with Gasteiger partial charge < -0.3 is 15.3 Å². The molecule has 0 unspecified atom stereocenters. The second-order valence-corrected chi connectivity index (χ2v) is 5.54. The van der Waals surface area contributed by atoms with Crippen molar-refractivity contribution in [2.75, 3.05) is 0 Å².